The van der Waals surface area contributed by atoms with E-state index < -0.39 is 24.1 Å². The molecule has 0 amide bonds. The molecular formula is C12H14F4N2. The summed E-state index contributed by atoms with van der Waals surface area (Å²) >= 11 is 0. The van der Waals surface area contributed by atoms with Crippen molar-refractivity contribution in [2.45, 2.75) is 12.5 Å². The Morgan fingerprint density at radius 3 is 2.33 bits per heavy atom. The largest absolute Gasteiger partial charge is 0.314 e. The molecule has 0 aromatic heterocycles. The number of hydrogen-bond donors (Lipinski definition) is 1. The molecule has 0 unspecified atom stereocenters. The van der Waals surface area contributed by atoms with Crippen LogP contribution in [0.25, 0.3) is 0 Å². The van der Waals surface area contributed by atoms with Gasteiger partial charge < -0.3 is 5.32 Å². The Labute approximate surface area is 103 Å². The topological polar surface area (TPSA) is 15.3 Å². The van der Waals surface area contributed by atoms with Gasteiger partial charge in [-0.3, -0.25) is 4.90 Å². The minimum absolute atomic E-state index is 0.145. The monoisotopic (exact) mass is 262 g/mol. The first kappa shape index (κ1) is 13.3. The lowest BCUT2D eigenvalue weighted by atomic mass is 10.0. The number of hydrogen-bond acceptors (Lipinski definition) is 2. The molecule has 0 aliphatic carbocycles. The summed E-state index contributed by atoms with van der Waals surface area (Å²) in [5.74, 6) is -1.68. The van der Waals surface area contributed by atoms with E-state index in [1.165, 1.54) is 4.90 Å². The number of piperazine rings is 1. The van der Waals surface area contributed by atoms with Crippen molar-refractivity contribution in [1.82, 2.24) is 10.2 Å². The van der Waals surface area contributed by atoms with E-state index in [0.29, 0.717) is 32.2 Å². The maximum Gasteiger partial charge on any atom is 0.258 e. The van der Waals surface area contributed by atoms with Gasteiger partial charge in [-0.2, -0.15) is 0 Å². The second kappa shape index (κ2) is 5.67. The summed E-state index contributed by atoms with van der Waals surface area (Å²) in [6, 6.07) is 1.44. The standard InChI is InChI=1S/C12H14F4N2/c13-8-1-2-9(10(14)7-8)11(12(15)16)18-5-3-17-4-6-18/h1-2,7,11-12,17H,3-6H2/t11-/m0/s1. The smallest absolute Gasteiger partial charge is 0.258 e. The summed E-state index contributed by atoms with van der Waals surface area (Å²) in [7, 11) is 0. The van der Waals surface area contributed by atoms with E-state index in [2.05, 4.69) is 5.32 Å². The molecule has 1 aromatic rings. The summed E-state index contributed by atoms with van der Waals surface area (Å²) in [6.07, 6.45) is -2.71. The minimum Gasteiger partial charge on any atom is -0.314 e. The van der Waals surface area contributed by atoms with Crippen molar-refractivity contribution in [2.75, 3.05) is 26.2 Å². The zero-order valence-electron chi connectivity index (χ0n) is 9.67. The first-order chi connectivity index (χ1) is 8.59. The van der Waals surface area contributed by atoms with Crippen molar-refractivity contribution >= 4 is 0 Å². The average Bonchev–Trinajstić information content (AvgIpc) is 2.33. The molecule has 0 saturated carbocycles. The maximum atomic E-state index is 13.6. The second-order valence-corrected chi connectivity index (χ2v) is 4.23. The van der Waals surface area contributed by atoms with E-state index >= 15 is 0 Å². The Hall–Kier alpha value is -1.14. The normalized spacial score (nSPS) is 19.2. The molecule has 1 aliphatic rings. The average molecular weight is 262 g/mol. The molecule has 1 N–H and O–H groups in total. The van der Waals surface area contributed by atoms with Crippen LogP contribution in [-0.4, -0.2) is 37.5 Å². The van der Waals surface area contributed by atoms with Crippen molar-refractivity contribution in [3.63, 3.8) is 0 Å². The molecule has 1 atom stereocenters. The van der Waals surface area contributed by atoms with E-state index in [9.17, 15) is 17.6 Å². The van der Waals surface area contributed by atoms with E-state index in [-0.39, 0.29) is 5.56 Å². The molecule has 6 heteroatoms. The molecule has 100 valence electrons. The van der Waals surface area contributed by atoms with Gasteiger partial charge in [0.15, 0.2) is 0 Å². The molecule has 2 rings (SSSR count). The van der Waals surface area contributed by atoms with Crippen molar-refractivity contribution in [3.8, 4) is 0 Å². The molecule has 1 saturated heterocycles. The molecule has 2 nitrogen and oxygen atoms in total. The van der Waals surface area contributed by atoms with Gasteiger partial charge in [0.25, 0.3) is 6.43 Å². The quantitative estimate of drug-likeness (QED) is 0.840. The summed E-state index contributed by atoms with van der Waals surface area (Å²) in [4.78, 5) is 1.53. The molecule has 1 aliphatic heterocycles. The number of alkyl halides is 2. The molecule has 1 heterocycles. The van der Waals surface area contributed by atoms with Crippen LogP contribution in [0.3, 0.4) is 0 Å². The van der Waals surface area contributed by atoms with Crippen LogP contribution in [0.1, 0.15) is 11.6 Å². The third-order valence-corrected chi connectivity index (χ3v) is 3.06. The number of nitrogens with one attached hydrogen (secondary N) is 1. The maximum absolute atomic E-state index is 13.6. The van der Waals surface area contributed by atoms with Crippen LogP contribution in [0.5, 0.6) is 0 Å². The number of rotatable bonds is 3. The van der Waals surface area contributed by atoms with Crippen molar-refractivity contribution < 1.29 is 17.6 Å². The third kappa shape index (κ3) is 2.81. The summed E-state index contributed by atoms with van der Waals surface area (Å²) in [6.45, 7) is 2.02. The summed E-state index contributed by atoms with van der Waals surface area (Å²) in [5, 5.41) is 3.04. The zero-order chi connectivity index (χ0) is 13.1. The van der Waals surface area contributed by atoms with Crippen LogP contribution in [0.2, 0.25) is 0 Å². The Morgan fingerprint density at radius 1 is 1.11 bits per heavy atom. The lowest BCUT2D eigenvalue weighted by Crippen LogP contribution is -2.47. The van der Waals surface area contributed by atoms with Gasteiger partial charge in [0, 0.05) is 37.8 Å². The van der Waals surface area contributed by atoms with Crippen LogP contribution < -0.4 is 5.32 Å². The molecule has 1 fully saturated rings. The van der Waals surface area contributed by atoms with Gasteiger partial charge in [0.05, 0.1) is 6.04 Å². The van der Waals surface area contributed by atoms with Crippen LogP contribution >= 0.6 is 0 Å². The number of benzene rings is 1. The first-order valence-electron chi connectivity index (χ1n) is 5.77. The SMILES string of the molecule is Fc1ccc([C@@H](C(F)F)N2CCNCC2)c(F)c1. The predicted molar refractivity (Wildman–Crippen MR) is 59.5 cm³/mol. The summed E-state index contributed by atoms with van der Waals surface area (Å²) < 4.78 is 52.7. The Morgan fingerprint density at radius 2 is 1.78 bits per heavy atom. The highest BCUT2D eigenvalue weighted by molar-refractivity contribution is 5.23. The first-order valence-corrected chi connectivity index (χ1v) is 5.77. The third-order valence-electron chi connectivity index (χ3n) is 3.06. The molecule has 0 bridgehead atoms. The highest BCUT2D eigenvalue weighted by Gasteiger charge is 2.32. The fraction of sp³-hybridized carbons (Fsp3) is 0.500. The van der Waals surface area contributed by atoms with Gasteiger partial charge >= 0.3 is 0 Å². The highest BCUT2D eigenvalue weighted by Crippen LogP contribution is 2.29. The highest BCUT2D eigenvalue weighted by atomic mass is 19.3. The van der Waals surface area contributed by atoms with E-state index in [0.717, 1.165) is 12.1 Å². The van der Waals surface area contributed by atoms with Crippen LogP contribution in [0.4, 0.5) is 17.6 Å². The Kier molecular flexibility index (Phi) is 4.19. The second-order valence-electron chi connectivity index (χ2n) is 4.23. The number of halogens is 4. The Bertz CT molecular complexity index is 405. The van der Waals surface area contributed by atoms with Gasteiger partial charge in [-0.15, -0.1) is 0 Å². The van der Waals surface area contributed by atoms with Crippen molar-refractivity contribution in [1.29, 1.82) is 0 Å². The molecule has 0 spiro atoms. The van der Waals surface area contributed by atoms with Gasteiger partial charge in [-0.25, -0.2) is 17.6 Å². The van der Waals surface area contributed by atoms with Gasteiger partial charge in [-0.05, 0) is 6.07 Å². The van der Waals surface area contributed by atoms with E-state index in [4.69, 9.17) is 0 Å². The van der Waals surface area contributed by atoms with Crippen LogP contribution in [0, 0.1) is 11.6 Å². The van der Waals surface area contributed by atoms with Gasteiger partial charge in [0.1, 0.15) is 11.6 Å². The summed E-state index contributed by atoms with van der Waals surface area (Å²) in [5.41, 5.74) is -0.145. The van der Waals surface area contributed by atoms with E-state index in [1.807, 2.05) is 0 Å². The van der Waals surface area contributed by atoms with Crippen molar-refractivity contribution in [3.05, 3.63) is 35.4 Å². The molecular weight excluding hydrogens is 248 g/mol. The lowest BCUT2D eigenvalue weighted by Gasteiger charge is -2.34. The molecule has 18 heavy (non-hydrogen) atoms. The van der Waals surface area contributed by atoms with Gasteiger partial charge in [0.2, 0.25) is 0 Å². The number of nitrogens with zero attached hydrogens (tertiary/aromatic N) is 1. The lowest BCUT2D eigenvalue weighted by molar-refractivity contribution is 0.0163. The fourth-order valence-electron chi connectivity index (χ4n) is 2.19. The van der Waals surface area contributed by atoms with E-state index in [1.54, 1.807) is 0 Å². The fourth-order valence-corrected chi connectivity index (χ4v) is 2.19. The van der Waals surface area contributed by atoms with Gasteiger partial charge in [-0.1, -0.05) is 6.07 Å². The molecule has 1 aromatic carbocycles. The predicted octanol–water partition coefficient (Wildman–Crippen LogP) is 2.18. The van der Waals surface area contributed by atoms with Crippen LogP contribution in [-0.2, 0) is 0 Å². The minimum atomic E-state index is -2.71. The zero-order valence-corrected chi connectivity index (χ0v) is 9.67. The van der Waals surface area contributed by atoms with Crippen molar-refractivity contribution in [2.24, 2.45) is 0 Å². The Balaban J connectivity index is 2.28. The van der Waals surface area contributed by atoms with Crippen LogP contribution in [0.15, 0.2) is 18.2 Å². The molecule has 0 radical (unpaired) electrons.